The Labute approximate surface area is 122 Å². The monoisotopic (exact) mass is 280 g/mol. The van der Waals surface area contributed by atoms with Crippen LogP contribution in [0.2, 0.25) is 0 Å². The molecule has 2 saturated carbocycles. The molecule has 4 nitrogen and oxygen atoms in total. The zero-order chi connectivity index (χ0) is 14.4. The highest BCUT2D eigenvalue weighted by Crippen LogP contribution is 2.23. The van der Waals surface area contributed by atoms with Crippen molar-refractivity contribution in [3.8, 4) is 0 Å². The molecular weight excluding hydrogens is 252 g/mol. The maximum Gasteiger partial charge on any atom is 0.309 e. The molecule has 0 aliphatic heterocycles. The van der Waals surface area contributed by atoms with Crippen molar-refractivity contribution in [2.75, 3.05) is 0 Å². The van der Waals surface area contributed by atoms with Crippen LogP contribution in [0.3, 0.4) is 0 Å². The van der Waals surface area contributed by atoms with Crippen molar-refractivity contribution in [2.45, 2.75) is 83.2 Å². The first-order valence-electron chi connectivity index (χ1n) is 8.26. The van der Waals surface area contributed by atoms with Gasteiger partial charge < -0.3 is 10.6 Å². The van der Waals surface area contributed by atoms with Gasteiger partial charge in [0.2, 0.25) is 0 Å². The molecule has 0 aromatic rings. The number of hydrogen-bond donors (Lipinski definition) is 2. The standard InChI is InChI=1S/C16H28N2O2/c1-12-8-10-14(11-9-12)18-16(20)15(19)17-13-6-4-2-3-5-7-13/h12-14H,2-11H2,1H3,(H,17,19)(H,18,20). The molecule has 0 aromatic carbocycles. The summed E-state index contributed by atoms with van der Waals surface area (Å²) in [6.45, 7) is 2.25. The van der Waals surface area contributed by atoms with Crippen LogP contribution in [0.25, 0.3) is 0 Å². The Bertz CT molecular complexity index is 327. The Hall–Kier alpha value is -1.06. The second-order valence-corrected chi connectivity index (χ2v) is 6.59. The molecule has 2 N–H and O–H groups in total. The predicted octanol–water partition coefficient (Wildman–Crippen LogP) is 2.52. The van der Waals surface area contributed by atoms with Gasteiger partial charge in [0, 0.05) is 12.1 Å². The summed E-state index contributed by atoms with van der Waals surface area (Å²) in [5, 5.41) is 5.80. The van der Waals surface area contributed by atoms with E-state index < -0.39 is 11.8 Å². The number of carbonyl (C=O) groups excluding carboxylic acids is 2. The summed E-state index contributed by atoms with van der Waals surface area (Å²) in [7, 11) is 0. The van der Waals surface area contributed by atoms with Gasteiger partial charge in [0.05, 0.1) is 0 Å². The molecule has 0 spiro atoms. The van der Waals surface area contributed by atoms with E-state index in [9.17, 15) is 9.59 Å². The van der Waals surface area contributed by atoms with Crippen LogP contribution in [0.1, 0.15) is 71.1 Å². The number of amides is 2. The summed E-state index contributed by atoms with van der Waals surface area (Å²) < 4.78 is 0. The van der Waals surface area contributed by atoms with Gasteiger partial charge in [-0.2, -0.15) is 0 Å². The molecule has 2 rings (SSSR count). The minimum absolute atomic E-state index is 0.193. The third kappa shape index (κ3) is 4.80. The zero-order valence-corrected chi connectivity index (χ0v) is 12.6. The molecule has 0 aromatic heterocycles. The van der Waals surface area contributed by atoms with Crippen LogP contribution in [-0.2, 0) is 9.59 Å². The lowest BCUT2D eigenvalue weighted by Crippen LogP contribution is -2.48. The normalized spacial score (nSPS) is 28.4. The number of carbonyl (C=O) groups is 2. The lowest BCUT2D eigenvalue weighted by molar-refractivity contribution is -0.140. The maximum absolute atomic E-state index is 11.9. The first-order chi connectivity index (χ1) is 9.65. The fourth-order valence-electron chi connectivity index (χ4n) is 3.33. The Balaban J connectivity index is 1.72. The Morgan fingerprint density at radius 1 is 0.700 bits per heavy atom. The molecule has 2 fully saturated rings. The van der Waals surface area contributed by atoms with Gasteiger partial charge in [0.25, 0.3) is 0 Å². The molecule has 2 aliphatic rings. The minimum Gasteiger partial charge on any atom is -0.345 e. The molecule has 0 unspecified atom stereocenters. The topological polar surface area (TPSA) is 58.2 Å². The van der Waals surface area contributed by atoms with E-state index in [4.69, 9.17) is 0 Å². The van der Waals surface area contributed by atoms with E-state index in [2.05, 4.69) is 17.6 Å². The van der Waals surface area contributed by atoms with Crippen molar-refractivity contribution < 1.29 is 9.59 Å². The SMILES string of the molecule is CC1CCC(NC(=O)C(=O)NC2CCCCCC2)CC1. The van der Waals surface area contributed by atoms with Gasteiger partial charge >= 0.3 is 11.8 Å². The molecule has 2 aliphatic carbocycles. The van der Waals surface area contributed by atoms with E-state index in [0.29, 0.717) is 0 Å². The van der Waals surface area contributed by atoms with Crippen LogP contribution in [-0.4, -0.2) is 23.9 Å². The van der Waals surface area contributed by atoms with Crippen LogP contribution in [0, 0.1) is 5.92 Å². The molecular formula is C16H28N2O2. The average molecular weight is 280 g/mol. The van der Waals surface area contributed by atoms with Crippen LogP contribution in [0.15, 0.2) is 0 Å². The fraction of sp³-hybridized carbons (Fsp3) is 0.875. The molecule has 20 heavy (non-hydrogen) atoms. The maximum atomic E-state index is 11.9. The van der Waals surface area contributed by atoms with Crippen molar-refractivity contribution in [3.63, 3.8) is 0 Å². The van der Waals surface area contributed by atoms with Gasteiger partial charge in [-0.25, -0.2) is 0 Å². The molecule has 0 radical (unpaired) electrons. The molecule has 0 saturated heterocycles. The van der Waals surface area contributed by atoms with E-state index >= 15 is 0 Å². The fourth-order valence-corrected chi connectivity index (χ4v) is 3.33. The Morgan fingerprint density at radius 3 is 1.65 bits per heavy atom. The number of nitrogens with one attached hydrogen (secondary N) is 2. The lowest BCUT2D eigenvalue weighted by atomic mass is 9.87. The van der Waals surface area contributed by atoms with Crippen molar-refractivity contribution in [1.29, 1.82) is 0 Å². The highest BCUT2D eigenvalue weighted by Gasteiger charge is 2.24. The van der Waals surface area contributed by atoms with Crippen LogP contribution in [0.5, 0.6) is 0 Å². The first kappa shape index (κ1) is 15.3. The predicted molar refractivity (Wildman–Crippen MR) is 79.2 cm³/mol. The summed E-state index contributed by atoms with van der Waals surface area (Å²) in [5.74, 6) is -0.118. The highest BCUT2D eigenvalue weighted by atomic mass is 16.2. The molecule has 2 amide bonds. The van der Waals surface area contributed by atoms with Gasteiger partial charge in [-0.3, -0.25) is 9.59 Å². The molecule has 4 heteroatoms. The van der Waals surface area contributed by atoms with Gasteiger partial charge in [-0.05, 0) is 44.4 Å². The molecule has 0 atom stereocenters. The third-order valence-electron chi connectivity index (χ3n) is 4.75. The van der Waals surface area contributed by atoms with Crippen molar-refractivity contribution in [3.05, 3.63) is 0 Å². The van der Waals surface area contributed by atoms with E-state index in [1.54, 1.807) is 0 Å². The largest absolute Gasteiger partial charge is 0.345 e. The molecule has 114 valence electrons. The van der Waals surface area contributed by atoms with Crippen LogP contribution in [0.4, 0.5) is 0 Å². The van der Waals surface area contributed by atoms with Crippen LogP contribution < -0.4 is 10.6 Å². The number of rotatable bonds is 2. The number of hydrogen-bond acceptors (Lipinski definition) is 2. The Kier molecular flexibility index (Phi) is 5.86. The van der Waals surface area contributed by atoms with Crippen molar-refractivity contribution in [2.24, 2.45) is 5.92 Å². The summed E-state index contributed by atoms with van der Waals surface area (Å²) in [4.78, 5) is 23.9. The lowest BCUT2D eigenvalue weighted by Gasteiger charge is -2.27. The third-order valence-corrected chi connectivity index (χ3v) is 4.75. The van der Waals surface area contributed by atoms with E-state index in [1.807, 2.05) is 0 Å². The summed E-state index contributed by atoms with van der Waals surface area (Å²) in [5.41, 5.74) is 0. The van der Waals surface area contributed by atoms with Gasteiger partial charge in [0.1, 0.15) is 0 Å². The second-order valence-electron chi connectivity index (χ2n) is 6.59. The summed E-state index contributed by atoms with van der Waals surface area (Å²) in [6.07, 6.45) is 11.1. The second kappa shape index (κ2) is 7.65. The van der Waals surface area contributed by atoms with Crippen LogP contribution >= 0.6 is 0 Å². The first-order valence-corrected chi connectivity index (χ1v) is 8.26. The minimum atomic E-state index is -0.436. The van der Waals surface area contributed by atoms with Gasteiger partial charge in [-0.15, -0.1) is 0 Å². The van der Waals surface area contributed by atoms with E-state index in [0.717, 1.165) is 57.3 Å². The van der Waals surface area contributed by atoms with Gasteiger partial charge in [0.15, 0.2) is 0 Å². The Morgan fingerprint density at radius 2 is 1.15 bits per heavy atom. The van der Waals surface area contributed by atoms with E-state index in [1.165, 1.54) is 12.8 Å². The van der Waals surface area contributed by atoms with Gasteiger partial charge in [-0.1, -0.05) is 32.6 Å². The quantitative estimate of drug-likeness (QED) is 0.603. The summed E-state index contributed by atoms with van der Waals surface area (Å²) >= 11 is 0. The highest BCUT2D eigenvalue weighted by molar-refractivity contribution is 6.35. The summed E-state index contributed by atoms with van der Waals surface area (Å²) in [6, 6.07) is 0.390. The van der Waals surface area contributed by atoms with E-state index in [-0.39, 0.29) is 12.1 Å². The van der Waals surface area contributed by atoms with Crippen molar-refractivity contribution in [1.82, 2.24) is 10.6 Å². The smallest absolute Gasteiger partial charge is 0.309 e. The average Bonchev–Trinajstić information content (AvgIpc) is 2.70. The van der Waals surface area contributed by atoms with Crippen molar-refractivity contribution >= 4 is 11.8 Å². The molecule has 0 heterocycles. The zero-order valence-electron chi connectivity index (χ0n) is 12.6. The molecule has 0 bridgehead atoms.